The third-order valence-corrected chi connectivity index (χ3v) is 6.45. The molecule has 38 heavy (non-hydrogen) atoms. The molecular formula is C25H27F3N6O4. The number of ether oxygens (including phenoxy) is 1. The lowest BCUT2D eigenvalue weighted by atomic mass is 10.2. The molecule has 1 N–H and O–H groups in total. The van der Waals surface area contributed by atoms with Gasteiger partial charge in [0.25, 0.3) is 11.4 Å². The molecule has 202 valence electrons. The van der Waals surface area contributed by atoms with E-state index in [0.717, 1.165) is 12.1 Å². The number of aromatic nitrogens is 5. The van der Waals surface area contributed by atoms with Crippen molar-refractivity contribution in [3.05, 3.63) is 56.7 Å². The van der Waals surface area contributed by atoms with E-state index in [0.29, 0.717) is 51.1 Å². The highest BCUT2D eigenvalue weighted by Gasteiger charge is 2.32. The summed E-state index contributed by atoms with van der Waals surface area (Å²) < 4.78 is 53.2. The molecule has 1 aromatic carbocycles. The van der Waals surface area contributed by atoms with Crippen LogP contribution in [0.3, 0.4) is 0 Å². The number of fused-ring (bicyclic) bond motifs is 1. The van der Waals surface area contributed by atoms with Crippen LogP contribution in [0.1, 0.15) is 38.7 Å². The Morgan fingerprint density at radius 3 is 2.63 bits per heavy atom. The molecule has 1 aliphatic rings. The Labute approximate surface area is 214 Å². The minimum Gasteiger partial charge on any atom is -0.470 e. The van der Waals surface area contributed by atoms with Gasteiger partial charge in [0.15, 0.2) is 17.0 Å². The van der Waals surface area contributed by atoms with E-state index in [1.165, 1.54) is 21.3 Å². The van der Waals surface area contributed by atoms with Gasteiger partial charge in [-0.05, 0) is 36.2 Å². The van der Waals surface area contributed by atoms with Gasteiger partial charge in [0.05, 0.1) is 18.2 Å². The van der Waals surface area contributed by atoms with E-state index in [-0.39, 0.29) is 34.7 Å². The van der Waals surface area contributed by atoms with Crippen LogP contribution in [0, 0.1) is 0 Å². The molecule has 0 radical (unpaired) electrons. The van der Waals surface area contributed by atoms with Crippen LogP contribution in [0.5, 0.6) is 5.88 Å². The van der Waals surface area contributed by atoms with Crippen molar-refractivity contribution in [2.45, 2.75) is 58.5 Å². The van der Waals surface area contributed by atoms with Crippen LogP contribution >= 0.6 is 0 Å². The van der Waals surface area contributed by atoms with Gasteiger partial charge >= 0.3 is 11.9 Å². The maximum Gasteiger partial charge on any atom is 0.416 e. The van der Waals surface area contributed by atoms with Crippen LogP contribution in [0.15, 0.2) is 44.4 Å². The van der Waals surface area contributed by atoms with Crippen molar-refractivity contribution in [3.8, 4) is 17.5 Å². The number of aromatic amines is 1. The van der Waals surface area contributed by atoms with Gasteiger partial charge in [0, 0.05) is 31.7 Å². The van der Waals surface area contributed by atoms with Crippen molar-refractivity contribution in [1.82, 2.24) is 24.3 Å². The highest BCUT2D eigenvalue weighted by atomic mass is 19.4. The van der Waals surface area contributed by atoms with Gasteiger partial charge in [0.1, 0.15) is 6.10 Å². The highest BCUT2D eigenvalue weighted by molar-refractivity contribution is 5.74. The monoisotopic (exact) mass is 532 g/mol. The van der Waals surface area contributed by atoms with Crippen molar-refractivity contribution in [1.29, 1.82) is 0 Å². The fraction of sp³-hybridized carbons (Fsp3) is 0.440. The van der Waals surface area contributed by atoms with Crippen LogP contribution in [-0.4, -0.2) is 43.5 Å². The summed E-state index contributed by atoms with van der Waals surface area (Å²) in [7, 11) is 0. The van der Waals surface area contributed by atoms with Crippen molar-refractivity contribution >= 4 is 16.9 Å². The molecule has 0 saturated carbocycles. The number of hydrogen-bond acceptors (Lipinski definition) is 7. The molecule has 0 spiro atoms. The number of halogens is 3. The molecule has 1 saturated heterocycles. The lowest BCUT2D eigenvalue weighted by Gasteiger charge is -2.19. The normalized spacial score (nSPS) is 16.0. The Hall–Kier alpha value is -4.03. The number of anilines is 1. The second-order valence-corrected chi connectivity index (χ2v) is 9.23. The SMILES string of the molecule is CCCn1c(=O)c2[nH]c(-c3cc(OC4CCN(c5cccc(C(F)(F)F)c5)C4)no3)nc2n(CCC)c1=O. The second-order valence-electron chi connectivity index (χ2n) is 9.23. The summed E-state index contributed by atoms with van der Waals surface area (Å²) in [6.07, 6.45) is -2.82. The van der Waals surface area contributed by atoms with E-state index in [9.17, 15) is 22.8 Å². The maximum atomic E-state index is 13.1. The largest absolute Gasteiger partial charge is 0.470 e. The number of rotatable bonds is 8. The van der Waals surface area contributed by atoms with Crippen LogP contribution in [0.2, 0.25) is 0 Å². The molecule has 4 heterocycles. The Morgan fingerprint density at radius 1 is 1.13 bits per heavy atom. The van der Waals surface area contributed by atoms with Crippen molar-refractivity contribution in [3.63, 3.8) is 0 Å². The third kappa shape index (κ3) is 4.79. The zero-order valence-electron chi connectivity index (χ0n) is 20.9. The zero-order chi connectivity index (χ0) is 27.0. The fourth-order valence-electron chi connectivity index (χ4n) is 4.66. The minimum absolute atomic E-state index is 0.186. The molecule has 10 nitrogen and oxygen atoms in total. The van der Waals surface area contributed by atoms with Crippen molar-refractivity contribution < 1.29 is 22.4 Å². The smallest absolute Gasteiger partial charge is 0.416 e. The zero-order valence-corrected chi connectivity index (χ0v) is 20.9. The molecule has 1 fully saturated rings. The number of aryl methyl sites for hydroxylation is 1. The Bertz CT molecular complexity index is 1570. The molecule has 0 aliphatic carbocycles. The van der Waals surface area contributed by atoms with Crippen molar-refractivity contribution in [2.75, 3.05) is 18.0 Å². The lowest BCUT2D eigenvalue weighted by Crippen LogP contribution is -2.40. The van der Waals surface area contributed by atoms with Crippen molar-refractivity contribution in [2.24, 2.45) is 0 Å². The number of H-pyrrole nitrogens is 1. The number of imidazole rings is 1. The van der Waals surface area contributed by atoms with E-state index in [1.54, 1.807) is 6.07 Å². The summed E-state index contributed by atoms with van der Waals surface area (Å²) in [5, 5.41) is 3.94. The molecule has 1 aliphatic heterocycles. The standard InChI is InChI=1S/C25H27F3N6O4/c1-3-9-33-22-20(23(35)34(10-4-2)24(33)36)29-21(30-22)18-13-19(31-38-18)37-17-8-11-32(14-17)16-7-5-6-15(12-16)25(26,27)28/h5-7,12-13,17H,3-4,8-11,14H2,1-2H3,(H,29,30). The first-order valence-electron chi connectivity index (χ1n) is 12.5. The Morgan fingerprint density at radius 2 is 1.89 bits per heavy atom. The summed E-state index contributed by atoms with van der Waals surface area (Å²) >= 11 is 0. The summed E-state index contributed by atoms with van der Waals surface area (Å²) in [4.78, 5) is 35.1. The molecular weight excluding hydrogens is 505 g/mol. The van der Waals surface area contributed by atoms with Gasteiger partial charge in [-0.2, -0.15) is 13.2 Å². The lowest BCUT2D eigenvalue weighted by molar-refractivity contribution is -0.137. The van der Waals surface area contributed by atoms with E-state index in [4.69, 9.17) is 9.26 Å². The van der Waals surface area contributed by atoms with Gasteiger partial charge in [-0.1, -0.05) is 19.9 Å². The summed E-state index contributed by atoms with van der Waals surface area (Å²) in [5.74, 6) is 0.640. The summed E-state index contributed by atoms with van der Waals surface area (Å²) in [5.41, 5.74) is -0.631. The Kier molecular flexibility index (Phi) is 6.76. The van der Waals surface area contributed by atoms with Gasteiger partial charge in [-0.25, -0.2) is 9.78 Å². The van der Waals surface area contributed by atoms with Gasteiger partial charge in [0.2, 0.25) is 5.76 Å². The fourth-order valence-corrected chi connectivity index (χ4v) is 4.66. The number of nitrogens with zero attached hydrogens (tertiary/aromatic N) is 5. The molecule has 5 rings (SSSR count). The molecule has 3 aromatic heterocycles. The van der Waals surface area contributed by atoms with E-state index in [2.05, 4.69) is 15.1 Å². The average Bonchev–Trinajstić information content (AvgIpc) is 3.64. The average molecular weight is 533 g/mol. The number of hydrogen-bond donors (Lipinski definition) is 1. The number of benzene rings is 1. The van der Waals surface area contributed by atoms with Crippen LogP contribution in [0.4, 0.5) is 18.9 Å². The summed E-state index contributed by atoms with van der Waals surface area (Å²) in [6, 6.07) is 6.73. The molecule has 1 unspecified atom stereocenters. The minimum atomic E-state index is -4.41. The van der Waals surface area contributed by atoms with Gasteiger partial charge in [-0.15, -0.1) is 0 Å². The predicted molar refractivity (Wildman–Crippen MR) is 133 cm³/mol. The number of alkyl halides is 3. The van der Waals surface area contributed by atoms with E-state index in [1.807, 2.05) is 18.7 Å². The molecule has 0 bridgehead atoms. The maximum absolute atomic E-state index is 13.1. The first-order valence-corrected chi connectivity index (χ1v) is 12.5. The molecule has 1 atom stereocenters. The number of nitrogens with one attached hydrogen (secondary N) is 1. The Balaban J connectivity index is 1.35. The van der Waals surface area contributed by atoms with Crippen LogP contribution in [0.25, 0.3) is 22.7 Å². The predicted octanol–water partition coefficient (Wildman–Crippen LogP) is 4.04. The van der Waals surface area contributed by atoms with Gasteiger partial charge in [-0.3, -0.25) is 13.9 Å². The topological polar surface area (TPSA) is 111 Å². The molecule has 13 heteroatoms. The van der Waals surface area contributed by atoms with E-state index < -0.39 is 23.0 Å². The van der Waals surface area contributed by atoms with Crippen LogP contribution in [-0.2, 0) is 19.3 Å². The van der Waals surface area contributed by atoms with Crippen LogP contribution < -0.4 is 20.9 Å². The first kappa shape index (κ1) is 25.6. The van der Waals surface area contributed by atoms with E-state index >= 15 is 0 Å². The quantitative estimate of drug-likeness (QED) is 0.365. The second kappa shape index (κ2) is 10.0. The third-order valence-electron chi connectivity index (χ3n) is 6.45. The molecule has 4 aromatic rings. The first-order chi connectivity index (χ1) is 18.2. The van der Waals surface area contributed by atoms with Gasteiger partial charge < -0.3 is 19.1 Å². The summed E-state index contributed by atoms with van der Waals surface area (Å²) in [6.45, 7) is 5.42. The highest BCUT2D eigenvalue weighted by Crippen LogP contribution is 2.33. The molecule has 0 amide bonds.